The van der Waals surface area contributed by atoms with Crippen LogP contribution in [-0.2, 0) is 9.53 Å². The minimum absolute atomic E-state index is 0.0280. The summed E-state index contributed by atoms with van der Waals surface area (Å²) in [6, 6.07) is 3.38. The van der Waals surface area contributed by atoms with Crippen LogP contribution in [0.2, 0.25) is 0 Å². The van der Waals surface area contributed by atoms with Crippen molar-refractivity contribution in [3.05, 3.63) is 39.4 Å². The van der Waals surface area contributed by atoms with Crippen LogP contribution in [0.15, 0.2) is 18.2 Å². The molecule has 0 aliphatic carbocycles. The monoisotopic (exact) mass is 424 g/mol. The summed E-state index contributed by atoms with van der Waals surface area (Å²) in [7, 11) is 0. The summed E-state index contributed by atoms with van der Waals surface area (Å²) in [5, 5.41) is 10.9. The molecular formula is C17H17ClN4O7. The van der Waals surface area contributed by atoms with E-state index in [9.17, 15) is 29.3 Å². The lowest BCUT2D eigenvalue weighted by Gasteiger charge is -2.34. The highest BCUT2D eigenvalue weighted by Gasteiger charge is 2.39. The van der Waals surface area contributed by atoms with Gasteiger partial charge in [-0.3, -0.25) is 29.4 Å². The molecule has 0 N–H and O–H groups in total. The van der Waals surface area contributed by atoms with E-state index in [1.54, 1.807) is 0 Å². The number of nitro groups is 1. The fraction of sp³-hybridized carbons (Fsp3) is 0.412. The molecule has 0 unspecified atom stereocenters. The van der Waals surface area contributed by atoms with E-state index in [1.807, 2.05) is 0 Å². The molecule has 1 aromatic rings. The van der Waals surface area contributed by atoms with Crippen molar-refractivity contribution in [3.8, 4) is 0 Å². The molecule has 3 rings (SSSR count). The number of halogens is 1. The molecule has 0 bridgehead atoms. The van der Waals surface area contributed by atoms with Crippen molar-refractivity contribution in [1.29, 1.82) is 0 Å². The lowest BCUT2D eigenvalue weighted by Crippen LogP contribution is -2.53. The zero-order chi connectivity index (χ0) is 21.1. The highest BCUT2D eigenvalue weighted by molar-refractivity contribution is 6.22. The summed E-state index contributed by atoms with van der Waals surface area (Å²) in [6.07, 6.45) is -0.514. The molecule has 12 heteroatoms. The van der Waals surface area contributed by atoms with Gasteiger partial charge in [-0.2, -0.15) is 0 Å². The minimum Gasteiger partial charge on any atom is -0.448 e. The van der Waals surface area contributed by atoms with Gasteiger partial charge in [-0.25, -0.2) is 4.79 Å². The summed E-state index contributed by atoms with van der Waals surface area (Å²) in [5.41, 5.74) is -0.376. The highest BCUT2D eigenvalue weighted by atomic mass is 35.5. The second kappa shape index (κ2) is 8.43. The third-order valence-electron chi connectivity index (χ3n) is 4.65. The zero-order valence-electron chi connectivity index (χ0n) is 15.2. The average molecular weight is 425 g/mol. The number of carbonyl (C=O) groups is 4. The van der Waals surface area contributed by atoms with E-state index in [1.165, 1.54) is 15.9 Å². The Morgan fingerprint density at radius 2 is 1.69 bits per heavy atom. The Bertz CT molecular complexity index is 883. The normalized spacial score (nSPS) is 16.1. The Morgan fingerprint density at radius 1 is 1.07 bits per heavy atom. The lowest BCUT2D eigenvalue weighted by molar-refractivity contribution is -0.384. The number of nitrogens with zero attached hydrogens (tertiary/aromatic N) is 4. The number of rotatable bonds is 5. The SMILES string of the molecule is O=C(CN1C(=O)c2ccc([N+](=O)[O-])cc2C1=O)N1CCN(C(=O)OCCCl)CC1. The number of ether oxygens (including phenoxy) is 1. The average Bonchev–Trinajstić information content (AvgIpc) is 2.96. The van der Waals surface area contributed by atoms with Gasteiger partial charge in [0.2, 0.25) is 5.91 Å². The quantitative estimate of drug-likeness (QED) is 0.294. The summed E-state index contributed by atoms with van der Waals surface area (Å²) in [5.74, 6) is -1.68. The predicted octanol–water partition coefficient (Wildman–Crippen LogP) is 0.710. The molecule has 154 valence electrons. The van der Waals surface area contributed by atoms with E-state index in [-0.39, 0.29) is 55.5 Å². The molecule has 29 heavy (non-hydrogen) atoms. The van der Waals surface area contributed by atoms with Crippen LogP contribution in [0.4, 0.5) is 10.5 Å². The van der Waals surface area contributed by atoms with E-state index in [2.05, 4.69) is 0 Å². The van der Waals surface area contributed by atoms with Crippen molar-refractivity contribution in [2.75, 3.05) is 45.2 Å². The van der Waals surface area contributed by atoms with Crippen LogP contribution < -0.4 is 0 Å². The van der Waals surface area contributed by atoms with Crippen LogP contribution in [-0.4, -0.2) is 88.6 Å². The topological polar surface area (TPSA) is 130 Å². The van der Waals surface area contributed by atoms with Gasteiger partial charge < -0.3 is 14.5 Å². The largest absolute Gasteiger partial charge is 0.448 e. The fourth-order valence-electron chi connectivity index (χ4n) is 3.13. The summed E-state index contributed by atoms with van der Waals surface area (Å²) < 4.78 is 4.93. The number of nitro benzene ring substituents is 1. The first-order valence-corrected chi connectivity index (χ1v) is 9.27. The smallest absolute Gasteiger partial charge is 0.409 e. The second-order valence-electron chi connectivity index (χ2n) is 6.35. The fourth-order valence-corrected chi connectivity index (χ4v) is 3.20. The standard InChI is InChI=1S/C17H17ClN4O7/c18-3-8-29-17(26)20-6-4-19(5-7-20)14(23)10-21-15(24)12-2-1-11(22(27)28)9-13(12)16(21)25/h1-2,9H,3-8,10H2. The van der Waals surface area contributed by atoms with Gasteiger partial charge in [0.05, 0.1) is 21.9 Å². The van der Waals surface area contributed by atoms with Crippen LogP contribution in [0.3, 0.4) is 0 Å². The molecule has 2 heterocycles. The summed E-state index contributed by atoms with van der Waals surface area (Å²) in [4.78, 5) is 63.1. The number of alkyl halides is 1. The molecule has 1 aromatic carbocycles. The van der Waals surface area contributed by atoms with E-state index in [4.69, 9.17) is 16.3 Å². The number of fused-ring (bicyclic) bond motifs is 1. The van der Waals surface area contributed by atoms with E-state index < -0.39 is 35.3 Å². The van der Waals surface area contributed by atoms with Crippen molar-refractivity contribution in [2.24, 2.45) is 0 Å². The van der Waals surface area contributed by atoms with Crippen molar-refractivity contribution >= 4 is 41.1 Å². The van der Waals surface area contributed by atoms with Gasteiger partial charge in [-0.05, 0) is 6.07 Å². The highest BCUT2D eigenvalue weighted by Crippen LogP contribution is 2.26. The third kappa shape index (κ3) is 4.14. The lowest BCUT2D eigenvalue weighted by atomic mass is 10.1. The zero-order valence-corrected chi connectivity index (χ0v) is 16.0. The molecule has 2 aliphatic heterocycles. The van der Waals surface area contributed by atoms with Crippen LogP contribution in [0.25, 0.3) is 0 Å². The number of imide groups is 1. The Labute approximate surface area is 169 Å². The number of amides is 4. The molecule has 1 fully saturated rings. The van der Waals surface area contributed by atoms with E-state index in [0.717, 1.165) is 17.0 Å². The van der Waals surface area contributed by atoms with Gasteiger partial charge in [0.15, 0.2) is 0 Å². The molecule has 11 nitrogen and oxygen atoms in total. The molecule has 0 aromatic heterocycles. The van der Waals surface area contributed by atoms with Crippen molar-refractivity contribution in [1.82, 2.24) is 14.7 Å². The number of hydrogen-bond donors (Lipinski definition) is 0. The van der Waals surface area contributed by atoms with Crippen molar-refractivity contribution < 1.29 is 28.8 Å². The first kappa shape index (κ1) is 20.5. The van der Waals surface area contributed by atoms with Gasteiger partial charge in [-0.15, -0.1) is 11.6 Å². The van der Waals surface area contributed by atoms with Crippen molar-refractivity contribution in [3.63, 3.8) is 0 Å². The Balaban J connectivity index is 1.60. The Kier molecular flexibility index (Phi) is 5.97. The van der Waals surface area contributed by atoms with Crippen LogP contribution in [0.5, 0.6) is 0 Å². The molecule has 0 spiro atoms. The first-order chi connectivity index (χ1) is 13.8. The minimum atomic E-state index is -0.745. The van der Waals surface area contributed by atoms with Gasteiger partial charge in [-0.1, -0.05) is 0 Å². The molecule has 2 aliphatic rings. The Morgan fingerprint density at radius 3 is 2.31 bits per heavy atom. The maximum atomic E-state index is 12.5. The first-order valence-electron chi connectivity index (χ1n) is 8.73. The number of hydrogen-bond acceptors (Lipinski definition) is 7. The third-order valence-corrected chi connectivity index (χ3v) is 4.81. The van der Waals surface area contributed by atoms with Gasteiger partial charge in [0.25, 0.3) is 17.5 Å². The van der Waals surface area contributed by atoms with Crippen LogP contribution in [0.1, 0.15) is 20.7 Å². The molecular weight excluding hydrogens is 408 g/mol. The summed E-state index contributed by atoms with van der Waals surface area (Å²) in [6.45, 7) is 0.573. The maximum absolute atomic E-state index is 12.5. The van der Waals surface area contributed by atoms with Gasteiger partial charge in [0, 0.05) is 38.3 Å². The van der Waals surface area contributed by atoms with Gasteiger partial charge >= 0.3 is 6.09 Å². The second-order valence-corrected chi connectivity index (χ2v) is 6.73. The molecule has 0 radical (unpaired) electrons. The van der Waals surface area contributed by atoms with Crippen LogP contribution >= 0.6 is 11.6 Å². The molecule has 4 amide bonds. The van der Waals surface area contributed by atoms with Crippen LogP contribution in [0, 0.1) is 10.1 Å². The van der Waals surface area contributed by atoms with E-state index in [0.29, 0.717) is 0 Å². The summed E-state index contributed by atoms with van der Waals surface area (Å²) >= 11 is 5.47. The number of benzene rings is 1. The van der Waals surface area contributed by atoms with Gasteiger partial charge in [0.1, 0.15) is 13.2 Å². The number of non-ortho nitro benzene ring substituents is 1. The molecule has 1 saturated heterocycles. The molecule has 0 atom stereocenters. The molecule has 0 saturated carbocycles. The number of carbonyl (C=O) groups excluding carboxylic acids is 4. The number of piperazine rings is 1. The van der Waals surface area contributed by atoms with E-state index >= 15 is 0 Å². The predicted molar refractivity (Wildman–Crippen MR) is 98.7 cm³/mol. The van der Waals surface area contributed by atoms with Crippen molar-refractivity contribution in [2.45, 2.75) is 0 Å². The Hall–Kier alpha value is -3.21. The maximum Gasteiger partial charge on any atom is 0.409 e.